The van der Waals surface area contributed by atoms with Gasteiger partial charge in [0.2, 0.25) is 0 Å². The topological polar surface area (TPSA) is 54.9 Å². The Morgan fingerprint density at radius 3 is 2.96 bits per heavy atom. The summed E-state index contributed by atoms with van der Waals surface area (Å²) in [7, 11) is 0. The fourth-order valence-electron chi connectivity index (χ4n) is 2.91. The summed E-state index contributed by atoms with van der Waals surface area (Å²) in [6, 6.07) is 10.6. The lowest BCUT2D eigenvalue weighted by Gasteiger charge is -2.21. The van der Waals surface area contributed by atoms with E-state index in [1.54, 1.807) is 0 Å². The van der Waals surface area contributed by atoms with Crippen molar-refractivity contribution in [3.8, 4) is 5.75 Å². The summed E-state index contributed by atoms with van der Waals surface area (Å²) in [6.45, 7) is 4.44. The smallest absolute Gasteiger partial charge is 0.191 e. The van der Waals surface area contributed by atoms with Crippen molar-refractivity contribution in [1.29, 1.82) is 0 Å². The second kappa shape index (κ2) is 9.58. The Bertz CT molecular complexity index is 814. The summed E-state index contributed by atoms with van der Waals surface area (Å²) in [5.41, 5.74) is 2.61. The molecular formula is C20H23ClFN3O2. The van der Waals surface area contributed by atoms with Gasteiger partial charge in [0.25, 0.3) is 0 Å². The Morgan fingerprint density at radius 2 is 2.15 bits per heavy atom. The third-order valence-corrected chi connectivity index (χ3v) is 4.33. The minimum atomic E-state index is -0.278. The Labute approximate surface area is 163 Å². The summed E-state index contributed by atoms with van der Waals surface area (Å²) in [5, 5.41) is 7.18. The largest absolute Gasteiger partial charge is 0.467 e. The molecule has 0 unspecified atom stereocenters. The second-order valence-electron chi connectivity index (χ2n) is 6.17. The lowest BCUT2D eigenvalue weighted by atomic mass is 10.1. The first-order valence-corrected chi connectivity index (χ1v) is 9.32. The minimum Gasteiger partial charge on any atom is -0.467 e. The van der Waals surface area contributed by atoms with Gasteiger partial charge in [-0.15, -0.1) is 0 Å². The number of fused-ring (bicyclic) bond motifs is 1. The van der Waals surface area contributed by atoms with E-state index in [0.717, 1.165) is 29.0 Å². The maximum Gasteiger partial charge on any atom is 0.191 e. The van der Waals surface area contributed by atoms with Crippen LogP contribution < -0.4 is 15.4 Å². The van der Waals surface area contributed by atoms with Gasteiger partial charge in [-0.1, -0.05) is 23.7 Å². The molecular weight excluding hydrogens is 369 g/mol. The van der Waals surface area contributed by atoms with Gasteiger partial charge >= 0.3 is 0 Å². The highest BCUT2D eigenvalue weighted by Gasteiger charge is 2.16. The molecule has 0 radical (unpaired) electrons. The van der Waals surface area contributed by atoms with Crippen LogP contribution in [0.2, 0.25) is 5.02 Å². The predicted molar refractivity (Wildman–Crippen MR) is 105 cm³/mol. The van der Waals surface area contributed by atoms with E-state index in [9.17, 15) is 4.39 Å². The molecule has 0 aromatic heterocycles. The van der Waals surface area contributed by atoms with Gasteiger partial charge in [-0.05, 0) is 48.7 Å². The number of halogens is 2. The van der Waals surface area contributed by atoms with Crippen molar-refractivity contribution in [2.24, 2.45) is 4.99 Å². The molecule has 0 fully saturated rings. The molecule has 2 N–H and O–H groups in total. The average Bonchev–Trinajstić information content (AvgIpc) is 2.66. The number of ether oxygens (including phenoxy) is 2. The van der Waals surface area contributed by atoms with E-state index < -0.39 is 0 Å². The third kappa shape index (κ3) is 5.58. The molecule has 5 nitrogen and oxygen atoms in total. The summed E-state index contributed by atoms with van der Waals surface area (Å²) in [6.07, 6.45) is 0.613. The van der Waals surface area contributed by atoms with Crippen LogP contribution in [0.25, 0.3) is 0 Å². The molecule has 0 saturated heterocycles. The van der Waals surface area contributed by atoms with Crippen LogP contribution in [0.4, 0.5) is 4.39 Å². The average molecular weight is 392 g/mol. The molecule has 7 heteroatoms. The van der Waals surface area contributed by atoms with Crippen molar-refractivity contribution in [3.05, 3.63) is 63.9 Å². The zero-order valence-corrected chi connectivity index (χ0v) is 16.0. The van der Waals surface area contributed by atoms with E-state index in [1.165, 1.54) is 12.1 Å². The zero-order chi connectivity index (χ0) is 19.1. The van der Waals surface area contributed by atoms with Crippen molar-refractivity contribution < 1.29 is 13.9 Å². The minimum absolute atomic E-state index is 0.197. The number of nitrogens with one attached hydrogen (secondary N) is 2. The Hall–Kier alpha value is -2.31. The van der Waals surface area contributed by atoms with Gasteiger partial charge in [-0.2, -0.15) is 0 Å². The molecule has 144 valence electrons. The lowest BCUT2D eigenvalue weighted by molar-refractivity contribution is -0.0172. The van der Waals surface area contributed by atoms with Gasteiger partial charge in [-0.3, -0.25) is 0 Å². The maximum atomic E-state index is 13.8. The van der Waals surface area contributed by atoms with Crippen molar-refractivity contribution in [2.75, 3.05) is 19.9 Å². The zero-order valence-electron chi connectivity index (χ0n) is 15.2. The number of aliphatic imine (C=N–C) groups is 1. The van der Waals surface area contributed by atoms with E-state index in [2.05, 4.69) is 15.6 Å². The van der Waals surface area contributed by atoms with Gasteiger partial charge in [0.15, 0.2) is 12.8 Å². The molecule has 0 atom stereocenters. The lowest BCUT2D eigenvalue weighted by Crippen LogP contribution is -2.38. The first-order valence-electron chi connectivity index (χ1n) is 8.94. The van der Waals surface area contributed by atoms with Crippen LogP contribution in [0.1, 0.15) is 23.6 Å². The van der Waals surface area contributed by atoms with Crippen LogP contribution in [0.15, 0.2) is 41.4 Å². The van der Waals surface area contributed by atoms with Crippen LogP contribution in [0.5, 0.6) is 5.75 Å². The van der Waals surface area contributed by atoms with Gasteiger partial charge in [0.05, 0.1) is 13.2 Å². The molecule has 3 rings (SSSR count). The van der Waals surface area contributed by atoms with Gasteiger partial charge < -0.3 is 20.1 Å². The summed E-state index contributed by atoms with van der Waals surface area (Å²) < 4.78 is 24.6. The molecule has 2 aromatic carbocycles. The highest BCUT2D eigenvalue weighted by atomic mass is 35.5. The predicted octanol–water partition coefficient (Wildman–Crippen LogP) is 3.64. The van der Waals surface area contributed by atoms with E-state index in [4.69, 9.17) is 21.1 Å². The molecule has 1 aliphatic heterocycles. The summed E-state index contributed by atoms with van der Waals surface area (Å²) in [4.78, 5) is 4.57. The number of hydrogen-bond acceptors (Lipinski definition) is 3. The van der Waals surface area contributed by atoms with E-state index in [1.807, 2.05) is 31.2 Å². The van der Waals surface area contributed by atoms with Crippen LogP contribution in [-0.2, 0) is 24.3 Å². The fraction of sp³-hybridized carbons (Fsp3) is 0.350. The van der Waals surface area contributed by atoms with Crippen LogP contribution >= 0.6 is 11.6 Å². The SMILES string of the molecule is CCNC(=NCc1cccc(Cl)c1)NCCc1cc(F)cc2c1OCOC2. The van der Waals surface area contributed by atoms with Gasteiger partial charge in [0.1, 0.15) is 11.6 Å². The monoisotopic (exact) mass is 391 g/mol. The molecule has 1 heterocycles. The second-order valence-corrected chi connectivity index (χ2v) is 6.60. The molecule has 0 saturated carbocycles. The van der Waals surface area contributed by atoms with Crippen molar-refractivity contribution in [2.45, 2.75) is 26.5 Å². The van der Waals surface area contributed by atoms with Crippen LogP contribution in [0.3, 0.4) is 0 Å². The normalized spacial score (nSPS) is 13.7. The number of nitrogens with zero attached hydrogens (tertiary/aromatic N) is 1. The quantitative estimate of drug-likeness (QED) is 0.583. The van der Waals surface area contributed by atoms with E-state index >= 15 is 0 Å². The van der Waals surface area contributed by atoms with Crippen LogP contribution in [-0.4, -0.2) is 25.8 Å². The maximum absolute atomic E-state index is 13.8. The van der Waals surface area contributed by atoms with Crippen molar-refractivity contribution in [3.63, 3.8) is 0 Å². The Morgan fingerprint density at radius 1 is 1.26 bits per heavy atom. The van der Waals surface area contributed by atoms with Crippen molar-refractivity contribution >= 4 is 17.6 Å². The molecule has 0 aliphatic carbocycles. The number of guanidine groups is 1. The standard InChI is InChI=1S/C20H23ClFN3O2/c1-2-23-20(25-11-14-4-3-5-17(21)8-14)24-7-6-15-9-18(22)10-16-12-26-13-27-19(15)16/h3-5,8-10H,2,6-7,11-13H2,1H3,(H2,23,24,25). The first-order chi connectivity index (χ1) is 13.2. The molecule has 27 heavy (non-hydrogen) atoms. The molecule has 1 aliphatic rings. The number of benzene rings is 2. The first kappa shape index (κ1) is 19.5. The summed E-state index contributed by atoms with van der Waals surface area (Å²) in [5.74, 6) is 1.15. The third-order valence-electron chi connectivity index (χ3n) is 4.09. The van der Waals surface area contributed by atoms with E-state index in [-0.39, 0.29) is 12.6 Å². The Kier molecular flexibility index (Phi) is 6.90. The molecule has 0 amide bonds. The molecule has 0 spiro atoms. The highest BCUT2D eigenvalue weighted by Crippen LogP contribution is 2.29. The van der Waals surface area contributed by atoms with Gasteiger partial charge in [0, 0.05) is 23.7 Å². The number of hydrogen-bond donors (Lipinski definition) is 2. The van der Waals surface area contributed by atoms with Crippen molar-refractivity contribution in [1.82, 2.24) is 10.6 Å². The molecule has 0 bridgehead atoms. The fourth-order valence-corrected chi connectivity index (χ4v) is 3.12. The summed E-state index contributed by atoms with van der Waals surface area (Å²) >= 11 is 6.01. The highest BCUT2D eigenvalue weighted by molar-refractivity contribution is 6.30. The van der Waals surface area contributed by atoms with E-state index in [0.29, 0.717) is 37.1 Å². The van der Waals surface area contributed by atoms with Gasteiger partial charge in [-0.25, -0.2) is 9.38 Å². The Balaban J connectivity index is 1.61. The number of rotatable bonds is 6. The van der Waals surface area contributed by atoms with Crippen LogP contribution in [0, 0.1) is 5.82 Å². The molecule has 2 aromatic rings.